The van der Waals surface area contributed by atoms with E-state index < -0.39 is 10.5 Å². The monoisotopic (exact) mass is 408 g/mol. The third-order valence-electron chi connectivity index (χ3n) is 3.52. The van der Waals surface area contributed by atoms with Gasteiger partial charge < -0.3 is 10.4 Å². The standard InChI is InChI=1S/C16H16N4O3S3/c21-15(13(19-22)10-26-12-3-7-18-8-4-12)16(25,14(9-24)20-23)11-1-5-17-6-2-11/h1-8,22-25H,9-10H2. The van der Waals surface area contributed by atoms with Gasteiger partial charge >= 0.3 is 0 Å². The van der Waals surface area contributed by atoms with E-state index in [0.29, 0.717) is 5.56 Å². The first-order valence-corrected chi connectivity index (χ1v) is 9.38. The summed E-state index contributed by atoms with van der Waals surface area (Å²) >= 11 is 9.92. The molecule has 1 atom stereocenters. The largest absolute Gasteiger partial charge is 0.411 e. The summed E-state index contributed by atoms with van der Waals surface area (Å²) in [5, 5.41) is 25.1. The lowest BCUT2D eigenvalue weighted by molar-refractivity contribution is -0.113. The molecule has 2 aromatic rings. The predicted molar refractivity (Wildman–Crippen MR) is 107 cm³/mol. The van der Waals surface area contributed by atoms with Crippen molar-refractivity contribution in [2.45, 2.75) is 9.64 Å². The van der Waals surface area contributed by atoms with Crippen LogP contribution < -0.4 is 0 Å². The molecule has 0 aliphatic carbocycles. The van der Waals surface area contributed by atoms with Crippen LogP contribution in [0.25, 0.3) is 0 Å². The summed E-state index contributed by atoms with van der Waals surface area (Å²) in [6, 6.07) is 6.69. The minimum atomic E-state index is -1.64. The van der Waals surface area contributed by atoms with Gasteiger partial charge in [-0.05, 0) is 29.8 Å². The van der Waals surface area contributed by atoms with Crippen molar-refractivity contribution in [2.24, 2.45) is 10.3 Å². The third-order valence-corrected chi connectivity index (χ3v) is 5.57. The number of hydrogen-bond acceptors (Lipinski definition) is 10. The number of nitrogens with zero attached hydrogens (tertiary/aromatic N) is 4. The maximum atomic E-state index is 13.1. The molecule has 26 heavy (non-hydrogen) atoms. The summed E-state index contributed by atoms with van der Waals surface area (Å²) in [5.74, 6) is -0.541. The summed E-state index contributed by atoms with van der Waals surface area (Å²) in [6.45, 7) is 0. The van der Waals surface area contributed by atoms with Gasteiger partial charge in [0.1, 0.15) is 10.5 Å². The van der Waals surface area contributed by atoms with Crippen LogP contribution in [0.15, 0.2) is 64.3 Å². The van der Waals surface area contributed by atoms with E-state index in [1.807, 2.05) is 0 Å². The summed E-state index contributed by atoms with van der Waals surface area (Å²) in [7, 11) is 0. The molecule has 0 aliphatic heterocycles. The van der Waals surface area contributed by atoms with Crippen LogP contribution in [0.2, 0.25) is 0 Å². The van der Waals surface area contributed by atoms with Crippen LogP contribution in [0.1, 0.15) is 5.56 Å². The Morgan fingerprint density at radius 1 is 1.08 bits per heavy atom. The lowest BCUT2D eigenvalue weighted by Crippen LogP contribution is -2.44. The van der Waals surface area contributed by atoms with E-state index in [1.54, 1.807) is 36.7 Å². The van der Waals surface area contributed by atoms with E-state index >= 15 is 0 Å². The van der Waals surface area contributed by atoms with Gasteiger partial charge in [-0.25, -0.2) is 0 Å². The molecular formula is C16H16N4O3S3. The van der Waals surface area contributed by atoms with E-state index in [1.165, 1.54) is 24.2 Å². The molecule has 7 nitrogen and oxygen atoms in total. The Kier molecular flexibility index (Phi) is 7.49. The maximum Gasteiger partial charge on any atom is 0.207 e. The molecule has 2 heterocycles. The van der Waals surface area contributed by atoms with Crippen LogP contribution in [0.3, 0.4) is 0 Å². The molecular weight excluding hydrogens is 392 g/mol. The van der Waals surface area contributed by atoms with E-state index in [2.05, 4.69) is 45.5 Å². The highest BCUT2D eigenvalue weighted by Crippen LogP contribution is 2.33. The molecule has 0 radical (unpaired) electrons. The van der Waals surface area contributed by atoms with Gasteiger partial charge in [0.2, 0.25) is 5.78 Å². The molecule has 0 aromatic carbocycles. The molecule has 0 fully saturated rings. The SMILES string of the molecule is O=C(C(CSc1ccncc1)=NO)C(S)(C(CS)=NO)c1ccncc1. The van der Waals surface area contributed by atoms with Crippen molar-refractivity contribution in [3.63, 3.8) is 0 Å². The van der Waals surface area contributed by atoms with Gasteiger partial charge in [-0.3, -0.25) is 14.8 Å². The third kappa shape index (κ3) is 4.37. The van der Waals surface area contributed by atoms with Crippen molar-refractivity contribution in [1.29, 1.82) is 0 Å². The lowest BCUT2D eigenvalue weighted by Gasteiger charge is -2.27. The summed E-state index contributed by atoms with van der Waals surface area (Å²) in [4.78, 5) is 21.8. The Hall–Kier alpha value is -2.04. The Balaban J connectivity index is 2.36. The van der Waals surface area contributed by atoms with Gasteiger partial charge in [0.25, 0.3) is 0 Å². The van der Waals surface area contributed by atoms with E-state index in [-0.39, 0.29) is 22.9 Å². The van der Waals surface area contributed by atoms with Crippen molar-refractivity contribution in [3.8, 4) is 0 Å². The van der Waals surface area contributed by atoms with Crippen molar-refractivity contribution < 1.29 is 15.2 Å². The average molecular weight is 409 g/mol. The smallest absolute Gasteiger partial charge is 0.207 e. The molecule has 136 valence electrons. The number of ketones is 1. The molecule has 0 aliphatic rings. The fourth-order valence-corrected chi connectivity index (χ4v) is 3.81. The zero-order valence-electron chi connectivity index (χ0n) is 13.4. The Morgan fingerprint density at radius 3 is 2.15 bits per heavy atom. The second kappa shape index (κ2) is 9.60. The molecule has 0 saturated heterocycles. The summed E-state index contributed by atoms with van der Waals surface area (Å²) in [6.07, 6.45) is 6.22. The van der Waals surface area contributed by atoms with Gasteiger partial charge in [-0.15, -0.1) is 11.8 Å². The van der Waals surface area contributed by atoms with Crippen molar-refractivity contribution in [3.05, 3.63) is 54.6 Å². The molecule has 2 N–H and O–H groups in total. The minimum Gasteiger partial charge on any atom is -0.411 e. The minimum absolute atomic E-state index is 0.00966. The Labute approximate surface area is 165 Å². The molecule has 10 heteroatoms. The molecule has 0 spiro atoms. The zero-order valence-corrected chi connectivity index (χ0v) is 16.0. The zero-order chi connectivity index (χ0) is 19.0. The number of carbonyl (C=O) groups excluding carboxylic acids is 1. The quantitative estimate of drug-likeness (QED) is 0.176. The van der Waals surface area contributed by atoms with Crippen molar-refractivity contribution in [1.82, 2.24) is 9.97 Å². The van der Waals surface area contributed by atoms with Crippen LogP contribution in [0.5, 0.6) is 0 Å². The molecule has 2 rings (SSSR count). The van der Waals surface area contributed by atoms with Gasteiger partial charge in [0.15, 0.2) is 0 Å². The molecule has 1 unspecified atom stereocenters. The second-order valence-corrected chi connectivity index (χ2v) is 7.03. The van der Waals surface area contributed by atoms with Crippen LogP contribution in [0.4, 0.5) is 0 Å². The number of pyridine rings is 2. The Morgan fingerprint density at radius 2 is 1.65 bits per heavy atom. The van der Waals surface area contributed by atoms with E-state index in [0.717, 1.165) is 4.90 Å². The number of oxime groups is 2. The van der Waals surface area contributed by atoms with Crippen LogP contribution in [-0.4, -0.2) is 49.1 Å². The normalized spacial score (nSPS) is 14.7. The fraction of sp³-hybridized carbons (Fsp3) is 0.188. The van der Waals surface area contributed by atoms with E-state index in [9.17, 15) is 15.2 Å². The highest BCUT2D eigenvalue weighted by molar-refractivity contribution is 8.00. The highest BCUT2D eigenvalue weighted by atomic mass is 32.2. The number of thiol groups is 2. The van der Waals surface area contributed by atoms with E-state index in [4.69, 9.17) is 0 Å². The molecule has 0 bridgehead atoms. The first-order chi connectivity index (χ1) is 12.6. The van der Waals surface area contributed by atoms with Gasteiger partial charge in [0.05, 0.1) is 5.71 Å². The number of Topliss-reactive ketones (excluding diaryl/α,β-unsaturated/α-hetero) is 1. The Bertz CT molecular complexity index is 803. The first-order valence-electron chi connectivity index (χ1n) is 7.31. The predicted octanol–water partition coefficient (Wildman–Crippen LogP) is 2.55. The number of thioether (sulfide) groups is 1. The average Bonchev–Trinajstić information content (AvgIpc) is 2.70. The second-order valence-electron chi connectivity index (χ2n) is 5.00. The van der Waals surface area contributed by atoms with Gasteiger partial charge in [-0.2, -0.15) is 25.3 Å². The summed E-state index contributed by atoms with van der Waals surface area (Å²) in [5.41, 5.74) is 0.315. The first kappa shape index (κ1) is 20.3. The van der Waals surface area contributed by atoms with Gasteiger partial charge in [0, 0.05) is 41.2 Å². The number of rotatable bonds is 8. The van der Waals surface area contributed by atoms with Crippen molar-refractivity contribution in [2.75, 3.05) is 11.5 Å². The van der Waals surface area contributed by atoms with Crippen molar-refractivity contribution >= 4 is 54.2 Å². The molecule has 0 amide bonds. The van der Waals surface area contributed by atoms with Crippen LogP contribution >= 0.6 is 37.0 Å². The maximum absolute atomic E-state index is 13.1. The number of hydrogen-bond donors (Lipinski definition) is 4. The number of carbonyl (C=O) groups is 1. The molecule has 2 aromatic heterocycles. The fourth-order valence-electron chi connectivity index (χ4n) is 2.18. The topological polar surface area (TPSA) is 108 Å². The summed E-state index contributed by atoms with van der Waals surface area (Å²) < 4.78 is -1.64. The van der Waals surface area contributed by atoms with Gasteiger partial charge in [-0.1, -0.05) is 10.3 Å². The number of aromatic nitrogens is 2. The molecule has 0 saturated carbocycles. The lowest BCUT2D eigenvalue weighted by atomic mass is 9.88. The highest BCUT2D eigenvalue weighted by Gasteiger charge is 2.44. The van der Waals surface area contributed by atoms with Crippen LogP contribution in [-0.2, 0) is 9.54 Å². The van der Waals surface area contributed by atoms with Crippen LogP contribution in [0, 0.1) is 0 Å².